The van der Waals surface area contributed by atoms with Gasteiger partial charge in [-0.2, -0.15) is 0 Å². The Hall–Kier alpha value is -2.21. The quantitative estimate of drug-likeness (QED) is 0.364. The smallest absolute Gasteiger partial charge is 0.263 e. The number of primary sulfonamides is 1. The van der Waals surface area contributed by atoms with Crippen LogP contribution >= 0.6 is 23.1 Å². The fourth-order valence-corrected chi connectivity index (χ4v) is 5.62. The van der Waals surface area contributed by atoms with E-state index in [2.05, 4.69) is 12.2 Å². The van der Waals surface area contributed by atoms with Gasteiger partial charge in [-0.05, 0) is 57.0 Å². The summed E-state index contributed by atoms with van der Waals surface area (Å²) in [5.74, 6) is -0.284. The minimum Gasteiger partial charge on any atom is -0.325 e. The van der Waals surface area contributed by atoms with Crippen molar-refractivity contribution < 1.29 is 13.2 Å². The number of amides is 1. The van der Waals surface area contributed by atoms with Gasteiger partial charge in [0.15, 0.2) is 5.16 Å². The Bertz CT molecular complexity index is 1310. The second kappa shape index (κ2) is 9.74. The van der Waals surface area contributed by atoms with E-state index in [1.165, 1.54) is 47.4 Å². The lowest BCUT2D eigenvalue weighted by Gasteiger charge is -2.16. The third-order valence-electron chi connectivity index (χ3n) is 5.09. The first-order valence-corrected chi connectivity index (χ1v) is 13.4. The predicted octanol–water partition coefficient (Wildman–Crippen LogP) is 3.64. The van der Waals surface area contributed by atoms with E-state index in [0.29, 0.717) is 27.6 Å². The molecule has 0 aliphatic rings. The number of sulfonamides is 1. The van der Waals surface area contributed by atoms with E-state index in [9.17, 15) is 18.0 Å². The highest BCUT2D eigenvalue weighted by atomic mass is 32.2. The Morgan fingerprint density at radius 2 is 1.94 bits per heavy atom. The molecule has 11 heteroatoms. The van der Waals surface area contributed by atoms with Crippen molar-refractivity contribution in [1.82, 2.24) is 9.55 Å². The second-order valence-electron chi connectivity index (χ2n) is 7.49. The zero-order valence-electron chi connectivity index (χ0n) is 18.3. The molecular weight excluding hydrogens is 468 g/mol. The van der Waals surface area contributed by atoms with Crippen molar-refractivity contribution in [2.45, 2.75) is 62.4 Å². The van der Waals surface area contributed by atoms with E-state index in [4.69, 9.17) is 10.1 Å². The van der Waals surface area contributed by atoms with Gasteiger partial charge in [0.05, 0.1) is 15.5 Å². The number of carbonyl (C=O) groups excluding carboxylic acids is 1. The van der Waals surface area contributed by atoms with Crippen molar-refractivity contribution in [3.63, 3.8) is 0 Å². The van der Waals surface area contributed by atoms with Gasteiger partial charge in [-0.15, -0.1) is 11.3 Å². The van der Waals surface area contributed by atoms with Gasteiger partial charge in [-0.3, -0.25) is 14.2 Å². The first-order chi connectivity index (χ1) is 15.0. The number of fused-ring (bicyclic) bond motifs is 1. The first kappa shape index (κ1) is 24.4. The molecule has 3 N–H and O–H groups in total. The number of anilines is 1. The van der Waals surface area contributed by atoms with Gasteiger partial charge >= 0.3 is 0 Å². The number of aromatic nitrogens is 2. The summed E-state index contributed by atoms with van der Waals surface area (Å²) in [4.78, 5) is 32.4. The zero-order chi connectivity index (χ0) is 23.6. The number of carbonyl (C=O) groups is 1. The summed E-state index contributed by atoms with van der Waals surface area (Å²) in [6, 6.07) is 5.63. The molecule has 0 fully saturated rings. The molecule has 1 unspecified atom stereocenters. The van der Waals surface area contributed by atoms with Crippen molar-refractivity contribution in [2.75, 3.05) is 5.32 Å². The highest BCUT2D eigenvalue weighted by Crippen LogP contribution is 2.30. The number of nitrogens with one attached hydrogen (secondary N) is 1. The molecule has 2 heterocycles. The lowest BCUT2D eigenvalue weighted by atomic mass is 10.2. The van der Waals surface area contributed by atoms with Crippen LogP contribution in [0.3, 0.4) is 0 Å². The summed E-state index contributed by atoms with van der Waals surface area (Å²) in [5, 5.41) is 8.50. The van der Waals surface area contributed by atoms with E-state index >= 15 is 0 Å². The summed E-state index contributed by atoms with van der Waals surface area (Å²) in [6.45, 7) is 8.25. The van der Waals surface area contributed by atoms with Gasteiger partial charge in [0.25, 0.3) is 5.56 Å². The molecule has 0 saturated carbocycles. The summed E-state index contributed by atoms with van der Waals surface area (Å²) < 4.78 is 24.4. The van der Waals surface area contributed by atoms with Gasteiger partial charge in [-0.1, -0.05) is 25.1 Å². The largest absolute Gasteiger partial charge is 0.325 e. The first-order valence-electron chi connectivity index (χ1n) is 10.1. The molecule has 0 spiro atoms. The number of nitrogens with two attached hydrogens (primary N) is 1. The standard InChI is InChI=1S/C21H26N4O4S3/c1-5-6-11-25-20(27)17-12(2)13(3)30-19(17)24-21(25)31-14(4)18(26)23-15-7-9-16(10-8-15)32(22,28)29/h7-10,14H,5-6,11H2,1-4H3,(H,23,26)(H2,22,28,29). The number of hydrogen-bond acceptors (Lipinski definition) is 7. The molecule has 8 nitrogen and oxygen atoms in total. The molecule has 172 valence electrons. The molecule has 0 aliphatic heterocycles. The highest BCUT2D eigenvalue weighted by molar-refractivity contribution is 8.00. The molecule has 3 aromatic rings. The zero-order valence-corrected chi connectivity index (χ0v) is 20.8. The number of benzene rings is 1. The molecule has 3 rings (SSSR count). The van der Waals surface area contributed by atoms with Crippen LogP contribution in [0.5, 0.6) is 0 Å². The van der Waals surface area contributed by atoms with Crippen LogP contribution in [0.25, 0.3) is 10.2 Å². The maximum atomic E-state index is 13.2. The van der Waals surface area contributed by atoms with E-state index in [-0.39, 0.29) is 16.4 Å². The van der Waals surface area contributed by atoms with E-state index < -0.39 is 15.3 Å². The SMILES string of the molecule is CCCCn1c(SC(C)C(=O)Nc2ccc(S(N)(=O)=O)cc2)nc2sc(C)c(C)c2c1=O. The van der Waals surface area contributed by atoms with Crippen molar-refractivity contribution in [2.24, 2.45) is 5.14 Å². The Balaban J connectivity index is 1.85. The number of rotatable bonds is 8. The predicted molar refractivity (Wildman–Crippen MR) is 130 cm³/mol. The third kappa shape index (κ3) is 5.22. The fourth-order valence-electron chi connectivity index (χ4n) is 3.10. The number of aryl methyl sites for hydroxylation is 2. The van der Waals surface area contributed by atoms with Crippen LogP contribution in [-0.2, 0) is 21.4 Å². The van der Waals surface area contributed by atoms with Crippen LogP contribution in [0.4, 0.5) is 5.69 Å². The van der Waals surface area contributed by atoms with Crippen LogP contribution < -0.4 is 16.0 Å². The molecule has 2 aromatic heterocycles. The van der Waals surface area contributed by atoms with Crippen molar-refractivity contribution in [1.29, 1.82) is 0 Å². The molecule has 32 heavy (non-hydrogen) atoms. The molecule has 1 atom stereocenters. The summed E-state index contributed by atoms with van der Waals surface area (Å²) in [7, 11) is -3.80. The van der Waals surface area contributed by atoms with Crippen LogP contribution in [-0.4, -0.2) is 29.1 Å². The second-order valence-corrected chi connectivity index (χ2v) is 11.6. The van der Waals surface area contributed by atoms with E-state index in [1.54, 1.807) is 11.5 Å². The summed E-state index contributed by atoms with van der Waals surface area (Å²) in [6.07, 6.45) is 1.76. The van der Waals surface area contributed by atoms with E-state index in [0.717, 1.165) is 23.3 Å². The summed E-state index contributed by atoms with van der Waals surface area (Å²) >= 11 is 2.71. The van der Waals surface area contributed by atoms with Gasteiger partial charge in [0.1, 0.15) is 4.83 Å². The fraction of sp³-hybridized carbons (Fsp3) is 0.381. The number of thiophene rings is 1. The Labute approximate surface area is 195 Å². The van der Waals surface area contributed by atoms with Gasteiger partial charge in [0, 0.05) is 17.1 Å². The van der Waals surface area contributed by atoms with Crippen molar-refractivity contribution in [3.05, 3.63) is 45.1 Å². The maximum Gasteiger partial charge on any atom is 0.263 e. The van der Waals surface area contributed by atoms with Gasteiger partial charge in [0.2, 0.25) is 15.9 Å². The molecule has 1 amide bonds. The lowest BCUT2D eigenvalue weighted by molar-refractivity contribution is -0.115. The Kier molecular flexibility index (Phi) is 7.43. The van der Waals surface area contributed by atoms with Crippen LogP contribution in [0, 0.1) is 13.8 Å². The number of unbranched alkanes of at least 4 members (excludes halogenated alkanes) is 1. The normalized spacial score (nSPS) is 12.8. The molecular formula is C21H26N4O4S3. The van der Waals surface area contributed by atoms with Gasteiger partial charge in [-0.25, -0.2) is 18.5 Å². The highest BCUT2D eigenvalue weighted by Gasteiger charge is 2.21. The third-order valence-corrected chi connectivity index (χ3v) is 8.21. The van der Waals surface area contributed by atoms with Crippen molar-refractivity contribution >= 4 is 54.9 Å². The van der Waals surface area contributed by atoms with Crippen LogP contribution in [0.2, 0.25) is 0 Å². The number of thioether (sulfide) groups is 1. The number of nitrogens with zero attached hydrogens (tertiary/aromatic N) is 2. The Morgan fingerprint density at radius 1 is 1.28 bits per heavy atom. The molecule has 0 saturated heterocycles. The van der Waals surface area contributed by atoms with Crippen LogP contribution in [0.1, 0.15) is 37.1 Å². The Morgan fingerprint density at radius 3 is 2.53 bits per heavy atom. The van der Waals surface area contributed by atoms with Gasteiger partial charge < -0.3 is 5.32 Å². The molecule has 0 aliphatic carbocycles. The monoisotopic (exact) mass is 494 g/mol. The summed E-state index contributed by atoms with van der Waals surface area (Å²) in [5.41, 5.74) is 1.34. The minimum absolute atomic E-state index is 0.0306. The minimum atomic E-state index is -3.80. The molecule has 0 bridgehead atoms. The number of hydrogen-bond donors (Lipinski definition) is 2. The molecule has 0 radical (unpaired) electrons. The maximum absolute atomic E-state index is 13.2. The van der Waals surface area contributed by atoms with Crippen LogP contribution in [0.15, 0.2) is 39.1 Å². The average molecular weight is 495 g/mol. The topological polar surface area (TPSA) is 124 Å². The van der Waals surface area contributed by atoms with E-state index in [1.807, 2.05) is 13.8 Å². The van der Waals surface area contributed by atoms with Crippen molar-refractivity contribution in [3.8, 4) is 0 Å². The molecule has 1 aromatic carbocycles. The lowest BCUT2D eigenvalue weighted by Crippen LogP contribution is -2.27. The average Bonchev–Trinajstić information content (AvgIpc) is 3.01.